The van der Waals surface area contributed by atoms with E-state index < -0.39 is 31.2 Å². The number of nitrogens with zero attached hydrogens (tertiary/aromatic N) is 1. The summed E-state index contributed by atoms with van der Waals surface area (Å²) in [5.74, 6) is -0.193. The molecule has 280 valence electrons. The summed E-state index contributed by atoms with van der Waals surface area (Å²) in [4.78, 5) is 17.8. The average Bonchev–Trinajstić information content (AvgIpc) is 3.08. The molecule has 1 amide bonds. The van der Waals surface area contributed by atoms with E-state index in [-0.39, 0.29) is 10.8 Å². The third kappa shape index (κ3) is 7.71. The van der Waals surface area contributed by atoms with Crippen molar-refractivity contribution in [2.24, 2.45) is 4.99 Å². The van der Waals surface area contributed by atoms with Crippen LogP contribution in [0.25, 0.3) is 31.7 Å². The Morgan fingerprint density at radius 2 is 1.48 bits per heavy atom. The standard InChI is InChI=1S/C41H38F3N3O4S3/c1-22-16-23(2)38(24(3)17-22)46-29-12-14-31-34(19-29)52-35-20-30(47-40-26(5)18-25(4)39(27(40)6)45-28(7)48)13-15-32(35)37(31)33-10-8-9-11-36(33)53(49)21-54(50,51)41(42,43)44/h8-20,46H,21H2,1-7H3,(H,45,48). The van der Waals surface area contributed by atoms with Gasteiger partial charge in [0, 0.05) is 55.0 Å². The molecule has 2 aliphatic rings. The number of hydrogen-bond acceptors (Lipinski definition) is 7. The number of halogens is 3. The quantitative estimate of drug-likeness (QED) is 0.149. The van der Waals surface area contributed by atoms with Crippen molar-refractivity contribution in [1.29, 1.82) is 0 Å². The molecule has 1 heterocycles. The second kappa shape index (κ2) is 14.8. The van der Waals surface area contributed by atoms with Gasteiger partial charge in [0.25, 0.3) is 9.84 Å². The molecule has 54 heavy (non-hydrogen) atoms. The van der Waals surface area contributed by atoms with E-state index in [2.05, 4.69) is 22.8 Å². The zero-order valence-electron chi connectivity index (χ0n) is 30.7. The summed E-state index contributed by atoms with van der Waals surface area (Å²) in [5, 5.41) is 6.24. The number of amides is 1. The number of rotatable bonds is 8. The fourth-order valence-electron chi connectivity index (χ4n) is 6.83. The van der Waals surface area contributed by atoms with E-state index in [1.165, 1.54) is 30.4 Å². The fraction of sp³-hybridized carbons (Fsp3) is 0.220. The van der Waals surface area contributed by atoms with Gasteiger partial charge in [-0.05, 0) is 105 Å². The van der Waals surface area contributed by atoms with E-state index in [1.807, 2.05) is 84.0 Å². The van der Waals surface area contributed by atoms with Crippen LogP contribution in [0.3, 0.4) is 0 Å². The predicted octanol–water partition coefficient (Wildman–Crippen LogP) is 10.5. The van der Waals surface area contributed by atoms with Crippen LogP contribution in [0.5, 0.6) is 0 Å². The number of fused-ring (bicyclic) bond motifs is 2. The molecule has 6 rings (SSSR count). The highest BCUT2D eigenvalue weighted by atomic mass is 32.3. The van der Waals surface area contributed by atoms with E-state index in [4.69, 9.17) is 4.99 Å². The summed E-state index contributed by atoms with van der Waals surface area (Å²) < 4.78 is 78.8. The second-order valence-electron chi connectivity index (χ2n) is 13.4. The van der Waals surface area contributed by atoms with Gasteiger partial charge in [0.05, 0.1) is 21.8 Å². The van der Waals surface area contributed by atoms with Gasteiger partial charge in [-0.1, -0.05) is 54.1 Å². The van der Waals surface area contributed by atoms with Gasteiger partial charge in [-0.15, -0.1) is 11.3 Å². The minimum atomic E-state index is -5.67. The van der Waals surface area contributed by atoms with Crippen molar-refractivity contribution in [1.82, 2.24) is 0 Å². The molecule has 1 aliphatic heterocycles. The van der Waals surface area contributed by atoms with Crippen LogP contribution >= 0.6 is 11.3 Å². The van der Waals surface area contributed by atoms with Crippen LogP contribution in [-0.4, -0.2) is 29.1 Å². The van der Waals surface area contributed by atoms with E-state index in [0.29, 0.717) is 27.9 Å². The summed E-state index contributed by atoms with van der Waals surface area (Å²) in [6, 6.07) is 23.9. The van der Waals surface area contributed by atoms with Crippen molar-refractivity contribution in [3.63, 3.8) is 0 Å². The van der Waals surface area contributed by atoms with Gasteiger partial charge in [0.2, 0.25) is 5.91 Å². The van der Waals surface area contributed by atoms with Gasteiger partial charge in [0.1, 0.15) is 5.08 Å². The first-order chi connectivity index (χ1) is 25.3. The van der Waals surface area contributed by atoms with E-state index >= 15 is 0 Å². The zero-order chi connectivity index (χ0) is 39.3. The number of hydrogen-bond donors (Lipinski definition) is 2. The highest BCUT2D eigenvalue weighted by Crippen LogP contribution is 2.46. The molecule has 0 radical (unpaired) electrons. The number of benzene rings is 5. The smallest absolute Gasteiger partial charge is 0.355 e. The van der Waals surface area contributed by atoms with Crippen molar-refractivity contribution < 1.29 is 30.6 Å². The predicted molar refractivity (Wildman–Crippen MR) is 214 cm³/mol. The Labute approximate surface area is 318 Å². The molecule has 1 unspecified atom stereocenters. The van der Waals surface area contributed by atoms with Crippen LogP contribution in [0.15, 0.2) is 88.8 Å². The molecular formula is C41H38F3N3O4S3. The Hall–Kier alpha value is -4.85. The molecular weight excluding hydrogens is 752 g/mol. The van der Waals surface area contributed by atoms with Crippen LogP contribution < -0.4 is 16.0 Å². The number of anilines is 3. The number of alkyl halides is 3. The molecule has 0 bridgehead atoms. The van der Waals surface area contributed by atoms with Crippen LogP contribution in [0, 0.1) is 41.5 Å². The molecule has 0 saturated heterocycles. The highest BCUT2D eigenvalue weighted by molar-refractivity contribution is 8.05. The number of carbonyl (C=O) groups is 1. The maximum Gasteiger partial charge on any atom is 0.498 e. The fourth-order valence-corrected chi connectivity index (χ4v) is 10.8. The third-order valence-electron chi connectivity index (χ3n) is 9.14. The molecule has 0 saturated carbocycles. The lowest BCUT2D eigenvalue weighted by Gasteiger charge is -2.20. The maximum atomic E-state index is 13.5. The lowest BCUT2D eigenvalue weighted by atomic mass is 9.95. The molecule has 1 atom stereocenters. The molecule has 0 fully saturated rings. The summed E-state index contributed by atoms with van der Waals surface area (Å²) >= 11 is 1.49. The summed E-state index contributed by atoms with van der Waals surface area (Å²) in [7, 11) is -8.22. The zero-order valence-corrected chi connectivity index (χ0v) is 33.1. The molecule has 4 aromatic carbocycles. The maximum absolute atomic E-state index is 13.5. The summed E-state index contributed by atoms with van der Waals surface area (Å²) in [6.45, 7) is 13.4. The molecule has 2 N–H and O–H groups in total. The van der Waals surface area contributed by atoms with E-state index in [9.17, 15) is 30.6 Å². The van der Waals surface area contributed by atoms with Gasteiger partial charge in [-0.3, -0.25) is 9.00 Å². The molecule has 0 aromatic heterocycles. The van der Waals surface area contributed by atoms with Gasteiger partial charge in [-0.25, -0.2) is 13.4 Å². The molecule has 1 aliphatic carbocycles. The molecule has 4 aromatic rings. The van der Waals surface area contributed by atoms with Gasteiger partial charge < -0.3 is 10.6 Å². The summed E-state index contributed by atoms with van der Waals surface area (Å²) in [6.07, 6.45) is 0. The number of sulfone groups is 1. The Bertz CT molecular complexity index is 2640. The lowest BCUT2D eigenvalue weighted by Crippen LogP contribution is -2.28. The monoisotopic (exact) mass is 789 g/mol. The van der Waals surface area contributed by atoms with Crippen molar-refractivity contribution in [2.75, 3.05) is 15.7 Å². The van der Waals surface area contributed by atoms with Crippen LogP contribution in [0.2, 0.25) is 0 Å². The first-order valence-corrected chi connectivity index (χ1v) is 20.7. The average molecular weight is 790 g/mol. The highest BCUT2D eigenvalue weighted by Gasteiger charge is 2.46. The molecule has 7 nitrogen and oxygen atoms in total. The number of carbonyl (C=O) groups excluding carboxylic acids is 1. The summed E-state index contributed by atoms with van der Waals surface area (Å²) in [5.41, 5.74) is 5.27. The van der Waals surface area contributed by atoms with E-state index in [0.717, 1.165) is 65.3 Å². The first kappa shape index (κ1) is 38.9. The number of aryl methyl sites for hydroxylation is 5. The first-order valence-electron chi connectivity index (χ1n) is 16.9. The topological polar surface area (TPSA) is 105 Å². The van der Waals surface area contributed by atoms with Crippen molar-refractivity contribution in [3.8, 4) is 21.6 Å². The van der Waals surface area contributed by atoms with Crippen LogP contribution in [0.4, 0.5) is 35.9 Å². The van der Waals surface area contributed by atoms with Crippen molar-refractivity contribution in [2.45, 2.75) is 58.9 Å². The van der Waals surface area contributed by atoms with E-state index in [1.54, 1.807) is 12.1 Å². The minimum absolute atomic E-state index is 0.0256. The Kier molecular flexibility index (Phi) is 10.6. The molecule has 0 spiro atoms. The minimum Gasteiger partial charge on any atom is -0.355 e. The third-order valence-corrected chi connectivity index (χ3v) is 13.9. The largest absolute Gasteiger partial charge is 0.498 e. The van der Waals surface area contributed by atoms with Crippen LogP contribution in [-0.2, 0) is 25.4 Å². The Morgan fingerprint density at radius 3 is 2.15 bits per heavy atom. The van der Waals surface area contributed by atoms with Crippen molar-refractivity contribution >= 4 is 70.7 Å². The SMILES string of the molecule is CC(=O)Nc1c(C)cc(C)c(N=c2ccc3c(-c4ccccc4S(=O)CS(=O)(=O)C(F)(F)F)c4ccc(Nc5c(C)cc(C)cc5C)cc4sc-3c2)c1C. The van der Waals surface area contributed by atoms with Crippen molar-refractivity contribution in [3.05, 3.63) is 118 Å². The Morgan fingerprint density at radius 1 is 0.815 bits per heavy atom. The second-order valence-corrected chi connectivity index (χ2v) is 18.3. The Balaban J connectivity index is 1.60. The van der Waals surface area contributed by atoms with Crippen LogP contribution in [0.1, 0.15) is 40.3 Å². The normalized spacial score (nSPS) is 13.0. The number of nitrogens with one attached hydrogen (secondary N) is 2. The van der Waals surface area contributed by atoms with Gasteiger partial charge in [-0.2, -0.15) is 13.2 Å². The lowest BCUT2D eigenvalue weighted by molar-refractivity contribution is -0.114. The molecule has 13 heteroatoms. The van der Waals surface area contributed by atoms with Gasteiger partial charge in [0.15, 0.2) is 0 Å². The van der Waals surface area contributed by atoms with Gasteiger partial charge >= 0.3 is 5.51 Å².